The molecule has 1 atom stereocenters. The van der Waals surface area contributed by atoms with Gasteiger partial charge < -0.3 is 9.90 Å². The lowest BCUT2D eigenvalue weighted by Crippen LogP contribution is -1.99. The van der Waals surface area contributed by atoms with Gasteiger partial charge in [-0.2, -0.15) is 0 Å². The van der Waals surface area contributed by atoms with E-state index >= 15 is 0 Å². The third kappa shape index (κ3) is 7.53. The molecule has 0 radical (unpaired) electrons. The second kappa shape index (κ2) is 6.35. The largest absolute Gasteiger partial charge is 0.396 e. The summed E-state index contributed by atoms with van der Waals surface area (Å²) in [5.74, 6) is 0.820. The van der Waals surface area contributed by atoms with Gasteiger partial charge in [0.15, 0.2) is 0 Å². The Labute approximate surface area is 68.6 Å². The summed E-state index contributed by atoms with van der Waals surface area (Å²) in [5, 5.41) is 8.58. The second-order valence-electron chi connectivity index (χ2n) is 3.21. The SMILES string of the molecule is CC(=O)CCC[C@@H](C)CCO. The van der Waals surface area contributed by atoms with E-state index in [1.165, 1.54) is 0 Å². The zero-order valence-corrected chi connectivity index (χ0v) is 7.47. The highest BCUT2D eigenvalue weighted by molar-refractivity contribution is 5.75. The lowest BCUT2D eigenvalue weighted by atomic mass is 10.0. The number of hydrogen-bond acceptors (Lipinski definition) is 2. The van der Waals surface area contributed by atoms with Gasteiger partial charge in [0.25, 0.3) is 0 Å². The van der Waals surface area contributed by atoms with Crippen LogP contribution in [0.15, 0.2) is 0 Å². The molecular weight excluding hydrogens is 140 g/mol. The Morgan fingerprint density at radius 3 is 2.55 bits per heavy atom. The van der Waals surface area contributed by atoms with E-state index in [1.54, 1.807) is 6.92 Å². The molecule has 0 aromatic rings. The molecule has 0 amide bonds. The van der Waals surface area contributed by atoms with Crippen LogP contribution in [0, 0.1) is 5.92 Å². The van der Waals surface area contributed by atoms with Crippen molar-refractivity contribution in [1.29, 1.82) is 0 Å². The van der Waals surface area contributed by atoms with Gasteiger partial charge in [0.1, 0.15) is 5.78 Å². The first-order valence-electron chi connectivity index (χ1n) is 4.27. The standard InChI is InChI=1S/C9H18O2/c1-8(6-7-10)4-3-5-9(2)11/h8,10H,3-7H2,1-2H3/t8-/m1/s1. The molecule has 0 rings (SSSR count). The lowest BCUT2D eigenvalue weighted by molar-refractivity contribution is -0.117. The molecule has 0 saturated heterocycles. The van der Waals surface area contributed by atoms with Crippen LogP contribution in [-0.2, 0) is 4.79 Å². The first-order valence-corrected chi connectivity index (χ1v) is 4.27. The monoisotopic (exact) mass is 158 g/mol. The van der Waals surface area contributed by atoms with E-state index in [1.807, 2.05) is 0 Å². The summed E-state index contributed by atoms with van der Waals surface area (Å²) in [6, 6.07) is 0. The molecule has 0 spiro atoms. The molecule has 11 heavy (non-hydrogen) atoms. The number of hydrogen-bond donors (Lipinski definition) is 1. The summed E-state index contributed by atoms with van der Waals surface area (Å²) in [5.41, 5.74) is 0. The van der Waals surface area contributed by atoms with E-state index in [-0.39, 0.29) is 12.4 Å². The summed E-state index contributed by atoms with van der Waals surface area (Å²) in [7, 11) is 0. The molecule has 0 aliphatic heterocycles. The summed E-state index contributed by atoms with van der Waals surface area (Å²) in [4.78, 5) is 10.5. The smallest absolute Gasteiger partial charge is 0.129 e. The molecule has 2 nitrogen and oxygen atoms in total. The van der Waals surface area contributed by atoms with Crippen LogP contribution in [0.4, 0.5) is 0 Å². The summed E-state index contributed by atoms with van der Waals surface area (Å²) in [6.07, 6.45) is 3.57. The predicted octanol–water partition coefficient (Wildman–Crippen LogP) is 1.76. The average Bonchev–Trinajstić information content (AvgIpc) is 1.87. The molecule has 0 unspecified atom stereocenters. The Kier molecular flexibility index (Phi) is 6.13. The number of Topliss-reactive ketones (excluding diaryl/α,β-unsaturated/α-hetero) is 1. The van der Waals surface area contributed by atoms with E-state index in [2.05, 4.69) is 6.92 Å². The fourth-order valence-electron chi connectivity index (χ4n) is 1.06. The first kappa shape index (κ1) is 10.6. The van der Waals surface area contributed by atoms with Crippen molar-refractivity contribution in [3.05, 3.63) is 0 Å². The highest BCUT2D eigenvalue weighted by atomic mass is 16.3. The minimum Gasteiger partial charge on any atom is -0.396 e. The van der Waals surface area contributed by atoms with Crippen molar-refractivity contribution in [2.75, 3.05) is 6.61 Å². The van der Waals surface area contributed by atoms with E-state index in [4.69, 9.17) is 5.11 Å². The van der Waals surface area contributed by atoms with Gasteiger partial charge in [-0.15, -0.1) is 0 Å². The number of rotatable bonds is 6. The molecule has 66 valence electrons. The molecular formula is C9H18O2. The van der Waals surface area contributed by atoms with Crippen molar-refractivity contribution in [3.8, 4) is 0 Å². The third-order valence-corrected chi connectivity index (χ3v) is 1.85. The minimum absolute atomic E-state index is 0.265. The van der Waals surface area contributed by atoms with Crippen LogP contribution in [0.2, 0.25) is 0 Å². The van der Waals surface area contributed by atoms with Crippen LogP contribution in [0.3, 0.4) is 0 Å². The van der Waals surface area contributed by atoms with Crippen LogP contribution in [0.1, 0.15) is 39.5 Å². The Balaban J connectivity index is 3.16. The molecule has 2 heteroatoms. The van der Waals surface area contributed by atoms with Crippen LogP contribution < -0.4 is 0 Å². The van der Waals surface area contributed by atoms with Gasteiger partial charge in [-0.25, -0.2) is 0 Å². The highest BCUT2D eigenvalue weighted by Crippen LogP contribution is 2.10. The Morgan fingerprint density at radius 1 is 1.45 bits per heavy atom. The van der Waals surface area contributed by atoms with Crippen molar-refractivity contribution >= 4 is 5.78 Å². The number of carbonyl (C=O) groups is 1. The molecule has 0 bridgehead atoms. The van der Waals surface area contributed by atoms with E-state index < -0.39 is 0 Å². The Hall–Kier alpha value is -0.370. The van der Waals surface area contributed by atoms with Crippen molar-refractivity contribution in [2.45, 2.75) is 39.5 Å². The zero-order chi connectivity index (χ0) is 8.69. The fraction of sp³-hybridized carbons (Fsp3) is 0.889. The van der Waals surface area contributed by atoms with Gasteiger partial charge in [-0.3, -0.25) is 0 Å². The van der Waals surface area contributed by atoms with Crippen molar-refractivity contribution in [3.63, 3.8) is 0 Å². The van der Waals surface area contributed by atoms with E-state index in [9.17, 15) is 4.79 Å². The highest BCUT2D eigenvalue weighted by Gasteiger charge is 2.01. The second-order valence-corrected chi connectivity index (χ2v) is 3.21. The third-order valence-electron chi connectivity index (χ3n) is 1.85. The molecule has 1 N–H and O–H groups in total. The van der Waals surface area contributed by atoms with E-state index in [0.717, 1.165) is 19.3 Å². The quantitative estimate of drug-likeness (QED) is 0.639. The van der Waals surface area contributed by atoms with Gasteiger partial charge in [0.05, 0.1) is 0 Å². The molecule has 0 heterocycles. The van der Waals surface area contributed by atoms with Crippen LogP contribution in [0.25, 0.3) is 0 Å². The Morgan fingerprint density at radius 2 is 2.09 bits per heavy atom. The van der Waals surface area contributed by atoms with Gasteiger partial charge in [-0.1, -0.05) is 13.3 Å². The molecule has 0 aliphatic carbocycles. The van der Waals surface area contributed by atoms with Crippen molar-refractivity contribution in [1.82, 2.24) is 0 Å². The van der Waals surface area contributed by atoms with Gasteiger partial charge >= 0.3 is 0 Å². The van der Waals surface area contributed by atoms with Gasteiger partial charge in [-0.05, 0) is 25.7 Å². The molecule has 0 aromatic carbocycles. The molecule has 0 saturated carbocycles. The maximum Gasteiger partial charge on any atom is 0.129 e. The maximum atomic E-state index is 10.5. The van der Waals surface area contributed by atoms with Crippen LogP contribution in [-0.4, -0.2) is 17.5 Å². The topological polar surface area (TPSA) is 37.3 Å². The maximum absolute atomic E-state index is 10.5. The van der Waals surface area contributed by atoms with Crippen molar-refractivity contribution < 1.29 is 9.90 Å². The van der Waals surface area contributed by atoms with Crippen molar-refractivity contribution in [2.24, 2.45) is 5.92 Å². The summed E-state index contributed by atoms with van der Waals surface area (Å²) in [6.45, 7) is 3.99. The fourth-order valence-corrected chi connectivity index (χ4v) is 1.06. The number of ketones is 1. The van der Waals surface area contributed by atoms with Gasteiger partial charge in [0.2, 0.25) is 0 Å². The summed E-state index contributed by atoms with van der Waals surface area (Å²) >= 11 is 0. The predicted molar refractivity (Wildman–Crippen MR) is 45.4 cm³/mol. The number of carbonyl (C=O) groups excluding carboxylic acids is 1. The van der Waals surface area contributed by atoms with Crippen LogP contribution >= 0.6 is 0 Å². The molecule has 0 fully saturated rings. The van der Waals surface area contributed by atoms with Crippen LogP contribution in [0.5, 0.6) is 0 Å². The Bertz CT molecular complexity index is 110. The lowest BCUT2D eigenvalue weighted by Gasteiger charge is -2.07. The molecule has 0 aliphatic rings. The first-order chi connectivity index (χ1) is 5.16. The number of aliphatic hydroxyl groups is 1. The van der Waals surface area contributed by atoms with E-state index in [0.29, 0.717) is 12.3 Å². The number of aliphatic hydroxyl groups excluding tert-OH is 1. The average molecular weight is 158 g/mol. The summed E-state index contributed by atoms with van der Waals surface area (Å²) < 4.78 is 0. The normalized spacial score (nSPS) is 13.0. The van der Waals surface area contributed by atoms with Gasteiger partial charge in [0, 0.05) is 13.0 Å². The molecule has 0 aromatic heterocycles. The minimum atomic E-state index is 0.265. The zero-order valence-electron chi connectivity index (χ0n) is 7.47.